The third kappa shape index (κ3) is 2.27. The Morgan fingerprint density at radius 1 is 1.15 bits per heavy atom. The Balaban J connectivity index is 1.62. The van der Waals surface area contributed by atoms with Gasteiger partial charge in [-0.2, -0.15) is 5.26 Å². The second-order valence-corrected chi connectivity index (χ2v) is 7.04. The summed E-state index contributed by atoms with van der Waals surface area (Å²) in [5.74, 6) is 0.681. The normalized spacial score (nSPS) is 19.4. The molecule has 5 nitrogen and oxygen atoms in total. The summed E-state index contributed by atoms with van der Waals surface area (Å²) in [4.78, 5) is 6.77. The van der Waals surface area contributed by atoms with Crippen LogP contribution >= 0.6 is 0 Å². The molecule has 2 aliphatic heterocycles. The highest BCUT2D eigenvalue weighted by molar-refractivity contribution is 5.70. The van der Waals surface area contributed by atoms with Gasteiger partial charge in [0.1, 0.15) is 24.2 Å². The van der Waals surface area contributed by atoms with Gasteiger partial charge in [0.05, 0.1) is 23.2 Å². The van der Waals surface area contributed by atoms with Crippen molar-refractivity contribution in [3.63, 3.8) is 0 Å². The average molecular weight is 355 g/mol. The van der Waals surface area contributed by atoms with E-state index in [1.165, 1.54) is 5.56 Å². The summed E-state index contributed by atoms with van der Waals surface area (Å²) >= 11 is 0. The number of fused-ring (bicyclic) bond motifs is 4. The zero-order chi connectivity index (χ0) is 18.4. The summed E-state index contributed by atoms with van der Waals surface area (Å²) in [5, 5.41) is 19.5. The first-order valence-electron chi connectivity index (χ1n) is 8.86. The molecule has 132 valence electrons. The molecule has 5 heteroatoms. The van der Waals surface area contributed by atoms with Gasteiger partial charge in [0.2, 0.25) is 0 Å². The third-order valence-corrected chi connectivity index (χ3v) is 5.51. The van der Waals surface area contributed by atoms with E-state index in [9.17, 15) is 10.4 Å². The minimum absolute atomic E-state index is 0.00165. The van der Waals surface area contributed by atoms with Crippen LogP contribution in [0.25, 0.3) is 0 Å². The second kappa shape index (κ2) is 5.75. The van der Waals surface area contributed by atoms with Gasteiger partial charge in [-0.3, -0.25) is 4.98 Å². The lowest BCUT2D eigenvalue weighted by Crippen LogP contribution is -2.36. The molecular weight excluding hydrogens is 338 g/mol. The van der Waals surface area contributed by atoms with Crippen LogP contribution in [0.3, 0.4) is 0 Å². The zero-order valence-corrected chi connectivity index (χ0v) is 14.6. The summed E-state index contributed by atoms with van der Waals surface area (Å²) in [6.45, 7) is 1.94. The van der Waals surface area contributed by atoms with E-state index in [0.717, 1.165) is 23.5 Å². The Hall–Kier alpha value is -3.52. The Bertz CT molecular complexity index is 1070. The van der Waals surface area contributed by atoms with Crippen LogP contribution in [0.4, 0.5) is 5.69 Å². The number of nitriles is 1. The number of anilines is 1. The molecule has 1 atom stereocenters. The van der Waals surface area contributed by atoms with Crippen LogP contribution in [-0.4, -0.2) is 23.2 Å². The van der Waals surface area contributed by atoms with Crippen molar-refractivity contribution in [1.82, 2.24) is 4.98 Å². The minimum atomic E-state index is -0.355. The number of benzene rings is 2. The molecule has 2 aliphatic rings. The molecule has 0 bridgehead atoms. The van der Waals surface area contributed by atoms with Crippen molar-refractivity contribution in [2.45, 2.75) is 12.0 Å². The first-order valence-corrected chi connectivity index (χ1v) is 8.86. The molecule has 3 aromatic rings. The van der Waals surface area contributed by atoms with Crippen LogP contribution in [0.5, 0.6) is 11.5 Å². The molecule has 3 heterocycles. The smallest absolute Gasteiger partial charge is 0.133 e. The minimum Gasteiger partial charge on any atom is -0.507 e. The Morgan fingerprint density at radius 2 is 2.00 bits per heavy atom. The van der Waals surface area contributed by atoms with Crippen LogP contribution in [0, 0.1) is 11.3 Å². The maximum atomic E-state index is 10.3. The number of hydrogen-bond acceptors (Lipinski definition) is 5. The van der Waals surface area contributed by atoms with Gasteiger partial charge in [-0.05, 0) is 29.8 Å². The van der Waals surface area contributed by atoms with E-state index in [2.05, 4.69) is 22.0 Å². The maximum Gasteiger partial charge on any atom is 0.133 e. The van der Waals surface area contributed by atoms with Crippen molar-refractivity contribution in [3.05, 3.63) is 83.2 Å². The van der Waals surface area contributed by atoms with Gasteiger partial charge >= 0.3 is 0 Å². The number of rotatable bonds is 2. The van der Waals surface area contributed by atoms with Gasteiger partial charge in [0.15, 0.2) is 0 Å². The van der Waals surface area contributed by atoms with Crippen molar-refractivity contribution in [2.24, 2.45) is 0 Å². The molecule has 2 aromatic carbocycles. The molecule has 1 N–H and O–H groups in total. The van der Waals surface area contributed by atoms with E-state index in [0.29, 0.717) is 18.9 Å². The topological polar surface area (TPSA) is 69.4 Å². The number of phenolic OH excluding ortho intramolecular Hbond substituents is 1. The van der Waals surface area contributed by atoms with E-state index in [4.69, 9.17) is 4.74 Å². The second-order valence-electron chi connectivity index (χ2n) is 7.04. The standard InChI is InChI=1S/C22H17N3O2/c23-11-15-9-21-18(10-20(15)26)22(14-27-21)13-25(12-16-5-3-4-8-24-16)19-7-2-1-6-17(19)22/h1-10,26H,12-14H2. The van der Waals surface area contributed by atoms with Crippen LogP contribution in [0.2, 0.25) is 0 Å². The molecule has 27 heavy (non-hydrogen) atoms. The van der Waals surface area contributed by atoms with Gasteiger partial charge in [0, 0.05) is 30.1 Å². The highest BCUT2D eigenvalue weighted by atomic mass is 16.5. The molecule has 0 radical (unpaired) electrons. The van der Waals surface area contributed by atoms with E-state index in [-0.39, 0.29) is 16.7 Å². The van der Waals surface area contributed by atoms with Crippen LogP contribution < -0.4 is 9.64 Å². The molecule has 0 saturated heterocycles. The van der Waals surface area contributed by atoms with Gasteiger partial charge < -0.3 is 14.7 Å². The monoisotopic (exact) mass is 355 g/mol. The fraction of sp³-hybridized carbons (Fsp3) is 0.182. The zero-order valence-electron chi connectivity index (χ0n) is 14.6. The quantitative estimate of drug-likeness (QED) is 0.763. The Kier molecular flexibility index (Phi) is 3.34. The summed E-state index contributed by atoms with van der Waals surface area (Å²) in [6, 6.07) is 19.6. The highest BCUT2D eigenvalue weighted by Gasteiger charge is 2.50. The van der Waals surface area contributed by atoms with Crippen molar-refractivity contribution in [3.8, 4) is 17.6 Å². The molecular formula is C22H17N3O2. The number of phenols is 1. The first kappa shape index (κ1) is 15.7. The van der Waals surface area contributed by atoms with E-state index in [1.54, 1.807) is 12.1 Å². The number of ether oxygens (including phenoxy) is 1. The largest absolute Gasteiger partial charge is 0.507 e. The first-order chi connectivity index (χ1) is 13.2. The molecule has 0 fully saturated rings. The number of aromatic hydroxyl groups is 1. The molecule has 5 rings (SSSR count). The van der Waals surface area contributed by atoms with Crippen molar-refractivity contribution in [1.29, 1.82) is 5.26 Å². The van der Waals surface area contributed by atoms with E-state index in [1.807, 2.05) is 42.6 Å². The predicted octanol–water partition coefficient (Wildman–Crippen LogP) is 3.36. The lowest BCUT2D eigenvalue weighted by Gasteiger charge is -2.25. The molecule has 1 aromatic heterocycles. The van der Waals surface area contributed by atoms with Crippen LogP contribution in [0.1, 0.15) is 22.4 Å². The summed E-state index contributed by atoms with van der Waals surface area (Å²) < 4.78 is 5.98. The van der Waals surface area contributed by atoms with Gasteiger partial charge in [0.25, 0.3) is 0 Å². The summed E-state index contributed by atoms with van der Waals surface area (Å²) in [5.41, 5.74) is 4.17. The lowest BCUT2D eigenvalue weighted by molar-refractivity contribution is 0.299. The fourth-order valence-corrected chi connectivity index (χ4v) is 4.26. The Morgan fingerprint density at radius 3 is 2.81 bits per heavy atom. The van der Waals surface area contributed by atoms with Crippen molar-refractivity contribution < 1.29 is 9.84 Å². The lowest BCUT2D eigenvalue weighted by atomic mass is 9.77. The Labute approximate surface area is 157 Å². The molecule has 1 unspecified atom stereocenters. The fourth-order valence-electron chi connectivity index (χ4n) is 4.26. The molecule has 0 aliphatic carbocycles. The highest BCUT2D eigenvalue weighted by Crippen LogP contribution is 2.52. The maximum absolute atomic E-state index is 10.3. The third-order valence-electron chi connectivity index (χ3n) is 5.51. The average Bonchev–Trinajstić information content (AvgIpc) is 3.21. The number of para-hydroxylation sites is 1. The summed E-state index contributed by atoms with van der Waals surface area (Å²) in [7, 11) is 0. The number of nitrogens with zero attached hydrogens (tertiary/aromatic N) is 3. The van der Waals surface area contributed by atoms with Crippen molar-refractivity contribution in [2.75, 3.05) is 18.1 Å². The SMILES string of the molecule is N#Cc1cc2c(cc1O)C1(CO2)CN(Cc2ccccn2)c2ccccc21. The molecule has 0 amide bonds. The van der Waals surface area contributed by atoms with Crippen LogP contribution in [0.15, 0.2) is 60.8 Å². The van der Waals surface area contributed by atoms with E-state index >= 15 is 0 Å². The van der Waals surface area contributed by atoms with Gasteiger partial charge in [-0.25, -0.2) is 0 Å². The molecule has 0 saturated carbocycles. The molecule has 1 spiro atoms. The van der Waals surface area contributed by atoms with E-state index < -0.39 is 0 Å². The number of hydrogen-bond donors (Lipinski definition) is 1. The van der Waals surface area contributed by atoms with Gasteiger partial charge in [-0.1, -0.05) is 24.3 Å². The summed E-state index contributed by atoms with van der Waals surface area (Å²) in [6.07, 6.45) is 1.81. The number of pyridine rings is 1. The predicted molar refractivity (Wildman–Crippen MR) is 101 cm³/mol. The van der Waals surface area contributed by atoms with Crippen LogP contribution in [-0.2, 0) is 12.0 Å². The van der Waals surface area contributed by atoms with Gasteiger partial charge in [-0.15, -0.1) is 0 Å². The van der Waals surface area contributed by atoms with Crippen molar-refractivity contribution >= 4 is 5.69 Å². The number of aromatic nitrogens is 1.